The number of nitrogens with zero attached hydrogens (tertiary/aromatic N) is 1. The second-order valence-corrected chi connectivity index (χ2v) is 8.48. The molecule has 0 spiro atoms. The maximum atomic E-state index is 13.0. The molecule has 0 fully saturated rings. The molecule has 3 aromatic carbocycles. The molecule has 0 radical (unpaired) electrons. The number of hydrogen-bond acceptors (Lipinski definition) is 4. The molecule has 2 amide bonds. The van der Waals surface area contributed by atoms with Crippen LogP contribution >= 0.6 is 10.7 Å². The molecule has 1 aliphatic heterocycles. The third kappa shape index (κ3) is 2.58. The Morgan fingerprint density at radius 2 is 1.58 bits per heavy atom. The van der Waals surface area contributed by atoms with Gasteiger partial charge in [-0.15, -0.1) is 0 Å². The quantitative estimate of drug-likeness (QED) is 0.499. The van der Waals surface area contributed by atoms with E-state index < -0.39 is 15.0 Å². The third-order valence-corrected chi connectivity index (χ3v) is 5.82. The first kappa shape index (κ1) is 16.8. The molecule has 0 unspecified atom stereocenters. The normalized spacial score (nSPS) is 13.9. The van der Waals surface area contributed by atoms with Gasteiger partial charge in [0.05, 0.1) is 11.4 Å². The van der Waals surface area contributed by atoms with Gasteiger partial charge in [-0.2, -0.15) is 0 Å². The summed E-state index contributed by atoms with van der Waals surface area (Å²) in [6.07, 6.45) is 0. The van der Waals surface area contributed by atoms with E-state index >= 15 is 0 Å². The lowest BCUT2D eigenvalue weighted by Crippen LogP contribution is -2.31. The highest BCUT2D eigenvalue weighted by molar-refractivity contribution is 8.14. The minimum absolute atomic E-state index is 0.0673. The monoisotopic (exact) mass is 385 g/mol. The van der Waals surface area contributed by atoms with Crippen molar-refractivity contribution in [3.05, 3.63) is 77.4 Å². The van der Waals surface area contributed by atoms with Crippen molar-refractivity contribution in [3.63, 3.8) is 0 Å². The Labute approximate surface area is 154 Å². The van der Waals surface area contributed by atoms with Gasteiger partial charge in [-0.25, -0.2) is 8.42 Å². The van der Waals surface area contributed by atoms with Gasteiger partial charge in [0.1, 0.15) is 0 Å². The van der Waals surface area contributed by atoms with Gasteiger partial charge in [-0.05, 0) is 29.1 Å². The molecule has 26 heavy (non-hydrogen) atoms. The Bertz CT molecular complexity index is 1190. The molecule has 0 aromatic heterocycles. The zero-order valence-electron chi connectivity index (χ0n) is 13.3. The van der Waals surface area contributed by atoms with E-state index in [9.17, 15) is 18.0 Å². The number of amides is 2. The molecule has 0 aliphatic carbocycles. The SMILES string of the molecule is O=C1c2ccccc2CN1C(=O)c1ccc(S(=O)(=O)Cl)c2ccccc12. The maximum Gasteiger partial charge on any atom is 0.261 e. The molecule has 1 heterocycles. The molecular formula is C19H12ClNO4S. The molecule has 4 rings (SSSR count). The van der Waals surface area contributed by atoms with E-state index in [1.807, 2.05) is 12.1 Å². The summed E-state index contributed by atoms with van der Waals surface area (Å²) in [5, 5.41) is 0.778. The van der Waals surface area contributed by atoms with Gasteiger partial charge in [0.2, 0.25) is 0 Å². The predicted molar refractivity (Wildman–Crippen MR) is 97.6 cm³/mol. The van der Waals surface area contributed by atoms with E-state index in [2.05, 4.69) is 0 Å². The summed E-state index contributed by atoms with van der Waals surface area (Å²) >= 11 is 0. The van der Waals surface area contributed by atoms with Gasteiger partial charge in [-0.1, -0.05) is 42.5 Å². The van der Waals surface area contributed by atoms with Crippen molar-refractivity contribution in [2.45, 2.75) is 11.4 Å². The number of imide groups is 1. The summed E-state index contributed by atoms with van der Waals surface area (Å²) in [5.74, 6) is -0.829. The van der Waals surface area contributed by atoms with Crippen molar-refractivity contribution >= 4 is 42.3 Å². The number of fused-ring (bicyclic) bond motifs is 2. The maximum absolute atomic E-state index is 13.0. The zero-order valence-corrected chi connectivity index (χ0v) is 14.9. The molecule has 7 heteroatoms. The summed E-state index contributed by atoms with van der Waals surface area (Å²) < 4.78 is 23.6. The Balaban J connectivity index is 1.84. The van der Waals surface area contributed by atoms with Crippen LogP contribution in [-0.2, 0) is 15.6 Å². The fourth-order valence-corrected chi connectivity index (χ4v) is 4.31. The number of benzene rings is 3. The molecule has 1 aliphatic rings. The number of halogens is 1. The van der Waals surface area contributed by atoms with Crippen LogP contribution in [0, 0.1) is 0 Å². The van der Waals surface area contributed by atoms with Gasteiger partial charge in [0, 0.05) is 27.2 Å². The second kappa shape index (κ2) is 5.93. The third-order valence-electron chi connectivity index (χ3n) is 4.44. The van der Waals surface area contributed by atoms with Crippen LogP contribution in [0.25, 0.3) is 10.8 Å². The van der Waals surface area contributed by atoms with Gasteiger partial charge in [-0.3, -0.25) is 14.5 Å². The van der Waals surface area contributed by atoms with Gasteiger partial charge < -0.3 is 0 Å². The Morgan fingerprint density at radius 3 is 2.27 bits per heavy atom. The van der Waals surface area contributed by atoms with Crippen LogP contribution in [0.3, 0.4) is 0 Å². The van der Waals surface area contributed by atoms with E-state index in [0.717, 1.165) is 5.56 Å². The second-order valence-electron chi connectivity index (χ2n) is 5.95. The van der Waals surface area contributed by atoms with Crippen molar-refractivity contribution in [1.82, 2.24) is 4.90 Å². The smallest absolute Gasteiger partial charge is 0.261 e. The van der Waals surface area contributed by atoms with E-state index in [0.29, 0.717) is 16.3 Å². The number of rotatable bonds is 2. The molecule has 130 valence electrons. The van der Waals surface area contributed by atoms with Crippen LogP contribution in [0.15, 0.2) is 65.6 Å². The Morgan fingerprint density at radius 1 is 0.923 bits per heavy atom. The first-order valence-corrected chi connectivity index (χ1v) is 10.1. The number of carbonyl (C=O) groups excluding carboxylic acids is 2. The lowest BCUT2D eigenvalue weighted by atomic mass is 10.0. The molecule has 0 bridgehead atoms. The number of hydrogen-bond donors (Lipinski definition) is 0. The molecule has 0 saturated carbocycles. The summed E-state index contributed by atoms with van der Waals surface area (Å²) in [7, 11) is 1.54. The summed E-state index contributed by atoms with van der Waals surface area (Å²) in [4.78, 5) is 26.7. The van der Waals surface area contributed by atoms with E-state index in [1.165, 1.54) is 17.0 Å². The highest BCUT2D eigenvalue weighted by Crippen LogP contribution is 2.31. The first-order valence-electron chi connectivity index (χ1n) is 7.78. The molecule has 0 atom stereocenters. The van der Waals surface area contributed by atoms with Gasteiger partial charge in [0.25, 0.3) is 20.9 Å². The van der Waals surface area contributed by atoms with Gasteiger partial charge >= 0.3 is 0 Å². The van der Waals surface area contributed by atoms with Crippen molar-refractivity contribution < 1.29 is 18.0 Å². The zero-order chi connectivity index (χ0) is 18.5. The highest BCUT2D eigenvalue weighted by Gasteiger charge is 2.33. The van der Waals surface area contributed by atoms with Crippen LogP contribution in [0.4, 0.5) is 0 Å². The van der Waals surface area contributed by atoms with Crippen LogP contribution in [-0.4, -0.2) is 25.1 Å². The van der Waals surface area contributed by atoms with Crippen molar-refractivity contribution in [2.24, 2.45) is 0 Å². The summed E-state index contributed by atoms with van der Waals surface area (Å²) in [5.41, 5.74) is 1.55. The van der Waals surface area contributed by atoms with E-state index in [4.69, 9.17) is 10.7 Å². The largest absolute Gasteiger partial charge is 0.270 e. The van der Waals surface area contributed by atoms with Crippen LogP contribution < -0.4 is 0 Å². The minimum atomic E-state index is -3.96. The Hall–Kier alpha value is -2.70. The predicted octanol–water partition coefficient (Wildman–Crippen LogP) is 3.56. The van der Waals surface area contributed by atoms with Crippen LogP contribution in [0.1, 0.15) is 26.3 Å². The van der Waals surface area contributed by atoms with Crippen LogP contribution in [0.2, 0.25) is 0 Å². The highest BCUT2D eigenvalue weighted by atomic mass is 35.7. The topological polar surface area (TPSA) is 71.5 Å². The summed E-state index contributed by atoms with van der Waals surface area (Å²) in [6, 6.07) is 16.3. The fourth-order valence-electron chi connectivity index (χ4n) is 3.23. The molecule has 0 N–H and O–H groups in total. The van der Waals surface area contributed by atoms with Crippen molar-refractivity contribution in [3.8, 4) is 0 Å². The standard InChI is InChI=1S/C19H12ClNO4S/c20-26(24,25)17-10-9-16(14-7-3-4-8-15(14)17)19(23)21-11-12-5-1-2-6-13(12)18(21)22/h1-10H,11H2. The van der Waals surface area contributed by atoms with E-state index in [-0.39, 0.29) is 22.9 Å². The van der Waals surface area contributed by atoms with E-state index in [1.54, 1.807) is 36.4 Å². The molecule has 3 aromatic rings. The first-order chi connectivity index (χ1) is 12.4. The Kier molecular flexibility index (Phi) is 3.82. The minimum Gasteiger partial charge on any atom is -0.270 e. The average Bonchev–Trinajstić information content (AvgIpc) is 2.96. The molecule has 0 saturated heterocycles. The number of carbonyl (C=O) groups is 2. The fraction of sp³-hybridized carbons (Fsp3) is 0.0526. The lowest BCUT2D eigenvalue weighted by molar-refractivity contribution is 0.0632. The summed E-state index contributed by atoms with van der Waals surface area (Å²) in [6.45, 7) is 0.192. The lowest BCUT2D eigenvalue weighted by Gasteiger charge is -2.16. The molecule has 5 nitrogen and oxygen atoms in total. The van der Waals surface area contributed by atoms with Crippen molar-refractivity contribution in [2.75, 3.05) is 0 Å². The average molecular weight is 386 g/mol. The van der Waals surface area contributed by atoms with Crippen LogP contribution in [0.5, 0.6) is 0 Å². The van der Waals surface area contributed by atoms with Crippen molar-refractivity contribution in [1.29, 1.82) is 0 Å². The molecular weight excluding hydrogens is 374 g/mol. The van der Waals surface area contributed by atoms with Gasteiger partial charge in [0.15, 0.2) is 0 Å².